The fourth-order valence-corrected chi connectivity index (χ4v) is 2.84. The fraction of sp³-hybridized carbons (Fsp3) is 0.500. The molecule has 0 unspecified atom stereocenters. The second kappa shape index (κ2) is 6.61. The minimum Gasteiger partial charge on any atom is -0.478 e. The highest BCUT2D eigenvalue weighted by atomic mass is 16.4. The number of hydrogen-bond donors (Lipinski definition) is 2. The summed E-state index contributed by atoms with van der Waals surface area (Å²) < 4.78 is 0. The first-order chi connectivity index (χ1) is 9.97. The molecule has 0 aliphatic heterocycles. The smallest absolute Gasteiger partial charge is 0.335 e. The van der Waals surface area contributed by atoms with Gasteiger partial charge in [-0.05, 0) is 42.5 Å². The predicted octanol–water partition coefficient (Wildman–Crippen LogP) is 2.51. The lowest BCUT2D eigenvalue weighted by molar-refractivity contribution is -0.131. The summed E-state index contributed by atoms with van der Waals surface area (Å²) in [5, 5.41) is 9.01. The number of amides is 1. The zero-order chi connectivity index (χ0) is 15.4. The Bertz CT molecular complexity index is 536. The van der Waals surface area contributed by atoms with Gasteiger partial charge in [0.1, 0.15) is 0 Å². The summed E-state index contributed by atoms with van der Waals surface area (Å²) in [6.07, 6.45) is 5.28. The van der Waals surface area contributed by atoms with E-state index in [1.807, 2.05) is 0 Å². The molecule has 0 atom stereocenters. The van der Waals surface area contributed by atoms with Crippen molar-refractivity contribution in [3.63, 3.8) is 0 Å². The molecule has 1 aliphatic rings. The van der Waals surface area contributed by atoms with Crippen LogP contribution in [0.2, 0.25) is 0 Å². The molecule has 1 aromatic rings. The SMILES string of the molecule is CN(Cc1cc(C(=O)O)ccc1N)C(=O)CC1CCCC1. The maximum atomic E-state index is 12.2. The van der Waals surface area contributed by atoms with Crippen LogP contribution in [0.3, 0.4) is 0 Å². The van der Waals surface area contributed by atoms with Gasteiger partial charge in [0.2, 0.25) is 5.91 Å². The van der Waals surface area contributed by atoms with Crippen LogP contribution in [-0.2, 0) is 11.3 Å². The molecule has 1 amide bonds. The van der Waals surface area contributed by atoms with Gasteiger partial charge in [-0.25, -0.2) is 4.79 Å². The topological polar surface area (TPSA) is 83.6 Å². The Kier molecular flexibility index (Phi) is 4.83. The summed E-state index contributed by atoms with van der Waals surface area (Å²) in [5.74, 6) is -0.388. The number of hydrogen-bond acceptors (Lipinski definition) is 3. The van der Waals surface area contributed by atoms with Crippen LogP contribution in [0.4, 0.5) is 5.69 Å². The number of rotatable bonds is 5. The van der Waals surface area contributed by atoms with Crippen LogP contribution in [0.15, 0.2) is 18.2 Å². The zero-order valence-corrected chi connectivity index (χ0v) is 12.3. The number of carbonyl (C=O) groups is 2. The van der Waals surface area contributed by atoms with Gasteiger partial charge in [0.15, 0.2) is 0 Å². The number of carboxylic acid groups (broad SMARTS) is 1. The van der Waals surface area contributed by atoms with Gasteiger partial charge in [-0.1, -0.05) is 12.8 Å². The van der Waals surface area contributed by atoms with Crippen LogP contribution >= 0.6 is 0 Å². The molecule has 3 N–H and O–H groups in total. The summed E-state index contributed by atoms with van der Waals surface area (Å²) in [5.41, 5.74) is 7.25. The van der Waals surface area contributed by atoms with Gasteiger partial charge in [0.25, 0.3) is 0 Å². The summed E-state index contributed by atoms with van der Waals surface area (Å²) in [4.78, 5) is 24.8. The minimum absolute atomic E-state index is 0.0991. The molecule has 0 radical (unpaired) electrons. The highest BCUT2D eigenvalue weighted by molar-refractivity contribution is 5.88. The fourth-order valence-electron chi connectivity index (χ4n) is 2.84. The second-order valence-corrected chi connectivity index (χ2v) is 5.82. The standard InChI is InChI=1S/C16H22N2O3/c1-18(15(19)8-11-4-2-3-5-11)10-13-9-12(16(20)21)6-7-14(13)17/h6-7,9,11H,2-5,8,10,17H2,1H3,(H,20,21). The molecule has 0 bridgehead atoms. The number of nitrogens with zero attached hydrogens (tertiary/aromatic N) is 1. The molecule has 5 nitrogen and oxygen atoms in total. The summed E-state index contributed by atoms with van der Waals surface area (Å²) >= 11 is 0. The van der Waals surface area contributed by atoms with E-state index in [4.69, 9.17) is 10.8 Å². The Balaban J connectivity index is 2.00. The van der Waals surface area contributed by atoms with Gasteiger partial charge in [0, 0.05) is 25.7 Å². The van der Waals surface area contributed by atoms with E-state index < -0.39 is 5.97 Å². The van der Waals surface area contributed by atoms with Crippen LogP contribution < -0.4 is 5.73 Å². The van der Waals surface area contributed by atoms with E-state index in [0.29, 0.717) is 30.1 Å². The molecule has 0 saturated heterocycles. The summed E-state index contributed by atoms with van der Waals surface area (Å²) in [7, 11) is 1.74. The highest BCUT2D eigenvalue weighted by Gasteiger charge is 2.21. The number of carbonyl (C=O) groups excluding carboxylic acids is 1. The lowest BCUT2D eigenvalue weighted by atomic mass is 10.0. The average Bonchev–Trinajstić information content (AvgIpc) is 2.93. The monoisotopic (exact) mass is 290 g/mol. The number of anilines is 1. The Morgan fingerprint density at radius 3 is 2.62 bits per heavy atom. The molecule has 5 heteroatoms. The number of carboxylic acids is 1. The summed E-state index contributed by atoms with van der Waals surface area (Å²) in [6, 6.07) is 4.59. The Hall–Kier alpha value is -2.04. The number of benzene rings is 1. The Labute approximate surface area is 124 Å². The first kappa shape index (κ1) is 15.4. The minimum atomic E-state index is -0.990. The van der Waals surface area contributed by atoms with Crippen molar-refractivity contribution in [3.05, 3.63) is 29.3 Å². The quantitative estimate of drug-likeness (QED) is 0.816. The van der Waals surface area contributed by atoms with E-state index in [2.05, 4.69) is 0 Å². The normalized spacial score (nSPS) is 15.1. The van der Waals surface area contributed by atoms with E-state index >= 15 is 0 Å². The molecule has 2 rings (SSSR count). The molecular weight excluding hydrogens is 268 g/mol. The van der Waals surface area contributed by atoms with E-state index in [9.17, 15) is 9.59 Å². The lowest BCUT2D eigenvalue weighted by Gasteiger charge is -2.20. The van der Waals surface area contributed by atoms with E-state index in [1.165, 1.54) is 25.0 Å². The highest BCUT2D eigenvalue weighted by Crippen LogP contribution is 2.28. The number of aromatic carboxylic acids is 1. The summed E-state index contributed by atoms with van der Waals surface area (Å²) in [6.45, 7) is 0.346. The maximum absolute atomic E-state index is 12.2. The van der Waals surface area contributed by atoms with Crippen LogP contribution in [0, 0.1) is 5.92 Å². The number of nitrogen functional groups attached to an aromatic ring is 1. The average molecular weight is 290 g/mol. The lowest BCUT2D eigenvalue weighted by Crippen LogP contribution is -2.28. The first-order valence-corrected chi connectivity index (χ1v) is 7.33. The van der Waals surface area contributed by atoms with Crippen molar-refractivity contribution in [1.82, 2.24) is 4.90 Å². The van der Waals surface area contributed by atoms with Crippen molar-refractivity contribution in [2.75, 3.05) is 12.8 Å². The van der Waals surface area contributed by atoms with E-state index in [1.54, 1.807) is 18.0 Å². The van der Waals surface area contributed by atoms with Crippen molar-refractivity contribution < 1.29 is 14.7 Å². The number of nitrogens with two attached hydrogens (primary N) is 1. The molecule has 21 heavy (non-hydrogen) atoms. The molecule has 1 saturated carbocycles. The predicted molar refractivity (Wildman–Crippen MR) is 80.9 cm³/mol. The van der Waals surface area contributed by atoms with Crippen LogP contribution in [0.1, 0.15) is 48.0 Å². The Morgan fingerprint density at radius 2 is 2.00 bits per heavy atom. The Morgan fingerprint density at radius 1 is 1.33 bits per heavy atom. The molecule has 1 fully saturated rings. The third-order valence-electron chi connectivity index (χ3n) is 4.16. The molecule has 1 aromatic carbocycles. The second-order valence-electron chi connectivity index (χ2n) is 5.82. The van der Waals surface area contributed by atoms with Gasteiger partial charge in [-0.2, -0.15) is 0 Å². The van der Waals surface area contributed by atoms with Crippen molar-refractivity contribution >= 4 is 17.6 Å². The van der Waals surface area contributed by atoms with Crippen molar-refractivity contribution in [2.24, 2.45) is 5.92 Å². The van der Waals surface area contributed by atoms with Gasteiger partial charge in [0.05, 0.1) is 5.56 Å². The van der Waals surface area contributed by atoms with Crippen LogP contribution in [0.25, 0.3) is 0 Å². The van der Waals surface area contributed by atoms with E-state index in [0.717, 1.165) is 12.8 Å². The largest absolute Gasteiger partial charge is 0.478 e. The molecule has 0 heterocycles. The maximum Gasteiger partial charge on any atom is 0.335 e. The van der Waals surface area contributed by atoms with Crippen LogP contribution in [-0.4, -0.2) is 28.9 Å². The van der Waals surface area contributed by atoms with Gasteiger partial charge >= 0.3 is 5.97 Å². The van der Waals surface area contributed by atoms with Gasteiger partial charge in [-0.3, -0.25) is 4.79 Å². The van der Waals surface area contributed by atoms with Crippen molar-refractivity contribution in [3.8, 4) is 0 Å². The first-order valence-electron chi connectivity index (χ1n) is 7.33. The molecule has 0 spiro atoms. The third-order valence-corrected chi connectivity index (χ3v) is 4.16. The van der Waals surface area contributed by atoms with E-state index in [-0.39, 0.29) is 11.5 Å². The van der Waals surface area contributed by atoms with Crippen molar-refractivity contribution in [2.45, 2.75) is 38.6 Å². The molecular formula is C16H22N2O3. The molecule has 0 aromatic heterocycles. The van der Waals surface area contributed by atoms with Gasteiger partial charge in [-0.15, -0.1) is 0 Å². The zero-order valence-electron chi connectivity index (χ0n) is 12.3. The molecule has 114 valence electrons. The molecule has 1 aliphatic carbocycles. The van der Waals surface area contributed by atoms with Crippen LogP contribution in [0.5, 0.6) is 0 Å². The van der Waals surface area contributed by atoms with Crippen molar-refractivity contribution in [1.29, 1.82) is 0 Å². The third kappa shape index (κ3) is 3.97. The van der Waals surface area contributed by atoms with Gasteiger partial charge < -0.3 is 15.7 Å².